The molecule has 3 aromatic rings. The molecule has 4 rings (SSSR count). The van der Waals surface area contributed by atoms with Crippen LogP contribution in [0.5, 0.6) is 11.5 Å². The van der Waals surface area contributed by atoms with Crippen molar-refractivity contribution in [3.05, 3.63) is 95.1 Å². The van der Waals surface area contributed by atoms with Gasteiger partial charge in [-0.25, -0.2) is 0 Å². The third-order valence-corrected chi connectivity index (χ3v) is 4.27. The minimum atomic E-state index is 0.586. The summed E-state index contributed by atoms with van der Waals surface area (Å²) >= 11 is 0. The molecule has 3 aromatic carbocycles. The van der Waals surface area contributed by atoms with Crippen molar-refractivity contribution in [2.24, 2.45) is 0 Å². The van der Waals surface area contributed by atoms with E-state index in [4.69, 9.17) is 9.47 Å². The van der Waals surface area contributed by atoms with E-state index in [1.165, 1.54) is 16.7 Å². The monoisotopic (exact) mass is 314 g/mol. The fourth-order valence-electron chi connectivity index (χ4n) is 3.08. The number of ether oxygens (including phenoxy) is 2. The summed E-state index contributed by atoms with van der Waals surface area (Å²) in [4.78, 5) is 0. The van der Waals surface area contributed by atoms with Crippen LogP contribution in [0.15, 0.2) is 72.8 Å². The van der Waals surface area contributed by atoms with Crippen LogP contribution < -0.4 is 9.47 Å². The zero-order chi connectivity index (χ0) is 16.4. The van der Waals surface area contributed by atoms with Crippen molar-refractivity contribution in [1.82, 2.24) is 0 Å². The first kappa shape index (κ1) is 14.6. The van der Waals surface area contributed by atoms with Gasteiger partial charge >= 0.3 is 0 Å². The van der Waals surface area contributed by atoms with Gasteiger partial charge in [0.05, 0.1) is 7.11 Å². The van der Waals surface area contributed by atoms with Crippen molar-refractivity contribution in [3.63, 3.8) is 0 Å². The summed E-state index contributed by atoms with van der Waals surface area (Å²) in [7, 11) is 1.69. The number of benzene rings is 3. The Kier molecular flexibility index (Phi) is 3.80. The molecule has 0 atom stereocenters. The third kappa shape index (κ3) is 2.67. The second-order valence-electron chi connectivity index (χ2n) is 5.78. The van der Waals surface area contributed by atoms with Gasteiger partial charge in [-0.3, -0.25) is 0 Å². The molecule has 2 heteroatoms. The normalized spacial score (nSPS) is 14.3. The number of fused-ring (bicyclic) bond motifs is 2. The van der Waals surface area contributed by atoms with Crippen LogP contribution in [0.25, 0.3) is 11.6 Å². The Morgan fingerprint density at radius 3 is 2.54 bits per heavy atom. The van der Waals surface area contributed by atoms with E-state index >= 15 is 0 Å². The van der Waals surface area contributed by atoms with E-state index in [2.05, 4.69) is 48.5 Å². The van der Waals surface area contributed by atoms with Crippen LogP contribution in [0, 0.1) is 0 Å². The Balaban J connectivity index is 1.94. The molecule has 118 valence electrons. The van der Waals surface area contributed by atoms with Crippen LogP contribution in [-0.4, -0.2) is 7.11 Å². The third-order valence-electron chi connectivity index (χ3n) is 4.27. The van der Waals surface area contributed by atoms with Crippen molar-refractivity contribution >= 4 is 11.6 Å². The summed E-state index contributed by atoms with van der Waals surface area (Å²) in [6.07, 6.45) is 2.20. The number of methoxy groups -OCH3 is 1. The standard InChI is InChI=1S/C22H18O2/c1-23-18-9-6-7-16(13-18)14-21-19-10-3-2-8-17(19)15-24-22-12-5-4-11-20(21)22/h2-14H,15H2,1H3/b21-14-. The van der Waals surface area contributed by atoms with Gasteiger partial charge in [0.1, 0.15) is 18.1 Å². The van der Waals surface area contributed by atoms with Gasteiger partial charge in [-0.2, -0.15) is 0 Å². The summed E-state index contributed by atoms with van der Waals surface area (Å²) in [5, 5.41) is 0. The second-order valence-corrected chi connectivity index (χ2v) is 5.78. The van der Waals surface area contributed by atoms with Crippen molar-refractivity contribution in [3.8, 4) is 11.5 Å². The molecular formula is C22H18O2. The van der Waals surface area contributed by atoms with Gasteiger partial charge in [0, 0.05) is 5.56 Å². The van der Waals surface area contributed by atoms with Gasteiger partial charge in [0.25, 0.3) is 0 Å². The summed E-state index contributed by atoms with van der Waals surface area (Å²) in [6, 6.07) is 24.7. The molecule has 1 heterocycles. The molecule has 0 unspecified atom stereocenters. The maximum atomic E-state index is 6.02. The SMILES string of the molecule is COc1cccc(/C=C2/c3ccccc3COc3ccccc32)c1. The van der Waals surface area contributed by atoms with Crippen LogP contribution >= 0.6 is 0 Å². The maximum Gasteiger partial charge on any atom is 0.127 e. The Bertz CT molecular complexity index is 860. The molecular weight excluding hydrogens is 296 g/mol. The molecule has 0 spiro atoms. The van der Waals surface area contributed by atoms with Crippen LogP contribution in [-0.2, 0) is 6.61 Å². The molecule has 0 bridgehead atoms. The largest absolute Gasteiger partial charge is 0.497 e. The van der Waals surface area contributed by atoms with E-state index in [1.54, 1.807) is 7.11 Å². The van der Waals surface area contributed by atoms with Gasteiger partial charge in [-0.15, -0.1) is 0 Å². The number of hydrogen-bond donors (Lipinski definition) is 0. The predicted octanol–water partition coefficient (Wildman–Crippen LogP) is 5.18. The fourth-order valence-corrected chi connectivity index (χ4v) is 3.08. The molecule has 0 radical (unpaired) electrons. The van der Waals surface area contributed by atoms with Crippen LogP contribution in [0.4, 0.5) is 0 Å². The number of rotatable bonds is 2. The lowest BCUT2D eigenvalue weighted by Gasteiger charge is -2.11. The molecule has 1 aliphatic heterocycles. The molecule has 24 heavy (non-hydrogen) atoms. The average molecular weight is 314 g/mol. The van der Waals surface area contributed by atoms with Gasteiger partial charge in [-0.05, 0) is 46.5 Å². The van der Waals surface area contributed by atoms with Gasteiger partial charge in [0.15, 0.2) is 0 Å². The minimum Gasteiger partial charge on any atom is -0.497 e. The first-order valence-electron chi connectivity index (χ1n) is 8.01. The van der Waals surface area contributed by atoms with Crippen molar-refractivity contribution in [2.45, 2.75) is 6.61 Å². The fraction of sp³-hybridized carbons (Fsp3) is 0.0909. The van der Waals surface area contributed by atoms with Crippen molar-refractivity contribution in [2.75, 3.05) is 7.11 Å². The van der Waals surface area contributed by atoms with Gasteiger partial charge in [-0.1, -0.05) is 54.6 Å². The summed E-state index contributed by atoms with van der Waals surface area (Å²) in [5.41, 5.74) is 5.81. The Morgan fingerprint density at radius 1 is 0.875 bits per heavy atom. The van der Waals surface area contributed by atoms with E-state index < -0.39 is 0 Å². The average Bonchev–Trinajstić information content (AvgIpc) is 2.80. The lowest BCUT2D eigenvalue weighted by Crippen LogP contribution is -1.94. The molecule has 2 nitrogen and oxygen atoms in total. The highest BCUT2D eigenvalue weighted by Gasteiger charge is 2.18. The molecule has 0 amide bonds. The molecule has 0 saturated carbocycles. The Hall–Kier alpha value is -3.00. The number of hydrogen-bond acceptors (Lipinski definition) is 2. The van der Waals surface area contributed by atoms with Crippen LogP contribution in [0.3, 0.4) is 0 Å². The molecule has 0 saturated heterocycles. The Morgan fingerprint density at radius 2 is 1.67 bits per heavy atom. The summed E-state index contributed by atoms with van der Waals surface area (Å²) < 4.78 is 11.4. The van der Waals surface area contributed by atoms with E-state index in [9.17, 15) is 0 Å². The van der Waals surface area contributed by atoms with Crippen LogP contribution in [0.2, 0.25) is 0 Å². The smallest absolute Gasteiger partial charge is 0.127 e. The first-order valence-corrected chi connectivity index (χ1v) is 8.01. The van der Waals surface area contributed by atoms with Crippen molar-refractivity contribution < 1.29 is 9.47 Å². The second kappa shape index (κ2) is 6.25. The zero-order valence-electron chi connectivity index (χ0n) is 13.5. The lowest BCUT2D eigenvalue weighted by molar-refractivity contribution is 0.307. The van der Waals surface area contributed by atoms with E-state index in [-0.39, 0.29) is 0 Å². The lowest BCUT2D eigenvalue weighted by atomic mass is 9.92. The highest BCUT2D eigenvalue weighted by Crippen LogP contribution is 2.37. The minimum absolute atomic E-state index is 0.586. The van der Waals surface area contributed by atoms with E-state index in [1.807, 2.05) is 30.3 Å². The van der Waals surface area contributed by atoms with E-state index in [0.29, 0.717) is 6.61 Å². The number of para-hydroxylation sites is 1. The quantitative estimate of drug-likeness (QED) is 0.649. The van der Waals surface area contributed by atoms with E-state index in [0.717, 1.165) is 22.6 Å². The summed E-state index contributed by atoms with van der Waals surface area (Å²) in [5.74, 6) is 1.78. The van der Waals surface area contributed by atoms with Gasteiger partial charge in [0.2, 0.25) is 0 Å². The molecule has 0 aromatic heterocycles. The Labute approximate surface area is 142 Å². The predicted molar refractivity (Wildman–Crippen MR) is 97.2 cm³/mol. The summed E-state index contributed by atoms with van der Waals surface area (Å²) in [6.45, 7) is 0.586. The van der Waals surface area contributed by atoms with Gasteiger partial charge < -0.3 is 9.47 Å². The van der Waals surface area contributed by atoms with Crippen molar-refractivity contribution in [1.29, 1.82) is 0 Å². The maximum absolute atomic E-state index is 6.02. The first-order chi connectivity index (χ1) is 11.8. The van der Waals surface area contributed by atoms with Crippen LogP contribution in [0.1, 0.15) is 22.3 Å². The topological polar surface area (TPSA) is 18.5 Å². The molecule has 1 aliphatic rings. The zero-order valence-corrected chi connectivity index (χ0v) is 13.5. The molecule has 0 N–H and O–H groups in total. The molecule has 0 fully saturated rings. The highest BCUT2D eigenvalue weighted by molar-refractivity contribution is 5.94. The molecule has 0 aliphatic carbocycles. The highest BCUT2D eigenvalue weighted by atomic mass is 16.5.